The molecule has 14 heavy (non-hydrogen) atoms. The molecular formula is C11H22O2S. The van der Waals surface area contributed by atoms with E-state index in [0.717, 1.165) is 12.8 Å². The van der Waals surface area contributed by atoms with Crippen LogP contribution in [-0.4, -0.2) is 19.9 Å². The van der Waals surface area contributed by atoms with Crippen LogP contribution in [0, 0.1) is 17.3 Å². The summed E-state index contributed by atoms with van der Waals surface area (Å²) >= 11 is 0. The molecule has 1 aliphatic rings. The van der Waals surface area contributed by atoms with Crippen molar-refractivity contribution >= 4 is 9.84 Å². The quantitative estimate of drug-likeness (QED) is 0.713. The van der Waals surface area contributed by atoms with Crippen LogP contribution in [0.1, 0.15) is 40.5 Å². The summed E-state index contributed by atoms with van der Waals surface area (Å²) in [6, 6.07) is 0. The average molecular weight is 218 g/mol. The van der Waals surface area contributed by atoms with Crippen LogP contribution in [-0.2, 0) is 9.84 Å². The molecule has 0 aromatic carbocycles. The Kier molecular flexibility index (Phi) is 3.30. The molecule has 1 rings (SSSR count). The maximum atomic E-state index is 11.4. The summed E-state index contributed by atoms with van der Waals surface area (Å²) in [5.41, 5.74) is 0.255. The molecule has 1 saturated heterocycles. The second-order valence-corrected chi connectivity index (χ2v) is 7.50. The van der Waals surface area contributed by atoms with Crippen molar-refractivity contribution in [3.8, 4) is 0 Å². The lowest BCUT2D eigenvalue weighted by molar-refractivity contribution is 0.0960. The van der Waals surface area contributed by atoms with Crippen molar-refractivity contribution in [2.45, 2.75) is 40.5 Å². The lowest BCUT2D eigenvalue weighted by Gasteiger charge is -2.44. The summed E-state index contributed by atoms with van der Waals surface area (Å²) < 4.78 is 22.8. The van der Waals surface area contributed by atoms with Gasteiger partial charge in [-0.05, 0) is 30.1 Å². The predicted octanol–water partition coefficient (Wildman–Crippen LogP) is 2.49. The van der Waals surface area contributed by atoms with E-state index >= 15 is 0 Å². The minimum atomic E-state index is -2.72. The number of rotatable bonds is 2. The largest absolute Gasteiger partial charge is 0.229 e. The van der Waals surface area contributed by atoms with Gasteiger partial charge in [0.05, 0.1) is 11.5 Å². The molecule has 1 heterocycles. The van der Waals surface area contributed by atoms with Crippen molar-refractivity contribution in [3.63, 3.8) is 0 Å². The predicted molar refractivity (Wildman–Crippen MR) is 60.0 cm³/mol. The molecule has 1 aliphatic heterocycles. The molecule has 0 N–H and O–H groups in total. The topological polar surface area (TPSA) is 34.1 Å². The minimum Gasteiger partial charge on any atom is -0.229 e. The summed E-state index contributed by atoms with van der Waals surface area (Å²) in [6.45, 7) is 8.88. The van der Waals surface area contributed by atoms with Crippen molar-refractivity contribution in [2.24, 2.45) is 17.3 Å². The Morgan fingerprint density at radius 3 is 1.57 bits per heavy atom. The van der Waals surface area contributed by atoms with Gasteiger partial charge in [0.2, 0.25) is 0 Å². The van der Waals surface area contributed by atoms with E-state index in [0.29, 0.717) is 23.3 Å². The van der Waals surface area contributed by atoms with Crippen LogP contribution >= 0.6 is 0 Å². The normalized spacial score (nSPS) is 25.6. The smallest absolute Gasteiger partial charge is 0.150 e. The molecule has 0 saturated carbocycles. The summed E-state index contributed by atoms with van der Waals surface area (Å²) in [5.74, 6) is 1.95. The van der Waals surface area contributed by atoms with E-state index in [-0.39, 0.29) is 5.41 Å². The highest BCUT2D eigenvalue weighted by Crippen LogP contribution is 2.45. The molecule has 0 bridgehead atoms. The molecule has 0 aliphatic carbocycles. The third kappa shape index (κ3) is 2.13. The van der Waals surface area contributed by atoms with Crippen molar-refractivity contribution in [1.29, 1.82) is 0 Å². The highest BCUT2D eigenvalue weighted by molar-refractivity contribution is 7.91. The highest BCUT2D eigenvalue weighted by Gasteiger charge is 2.41. The first-order valence-corrected chi connectivity index (χ1v) is 7.33. The molecule has 84 valence electrons. The van der Waals surface area contributed by atoms with Crippen LogP contribution in [0.15, 0.2) is 0 Å². The van der Waals surface area contributed by atoms with Gasteiger partial charge in [0.15, 0.2) is 0 Å². The summed E-state index contributed by atoms with van der Waals surface area (Å²) in [6.07, 6.45) is 1.70. The van der Waals surface area contributed by atoms with E-state index in [4.69, 9.17) is 0 Å². The minimum absolute atomic E-state index is 0.255. The van der Waals surface area contributed by atoms with Gasteiger partial charge in [-0.3, -0.25) is 0 Å². The molecule has 0 amide bonds. The zero-order valence-electron chi connectivity index (χ0n) is 9.71. The van der Waals surface area contributed by atoms with E-state index in [9.17, 15) is 8.42 Å². The molecule has 0 aromatic heterocycles. The molecule has 0 spiro atoms. The summed E-state index contributed by atoms with van der Waals surface area (Å²) in [7, 11) is -2.72. The number of hydrogen-bond donors (Lipinski definition) is 0. The monoisotopic (exact) mass is 218 g/mol. The van der Waals surface area contributed by atoms with Crippen molar-refractivity contribution in [3.05, 3.63) is 0 Å². The fraction of sp³-hybridized carbons (Fsp3) is 1.00. The van der Waals surface area contributed by atoms with Gasteiger partial charge < -0.3 is 0 Å². The van der Waals surface area contributed by atoms with Gasteiger partial charge in [0.1, 0.15) is 9.84 Å². The van der Waals surface area contributed by atoms with E-state index < -0.39 is 9.84 Å². The van der Waals surface area contributed by atoms with Gasteiger partial charge in [0, 0.05) is 0 Å². The second-order valence-electron chi connectivity index (χ2n) is 5.19. The van der Waals surface area contributed by atoms with Gasteiger partial charge in [-0.15, -0.1) is 0 Å². The summed E-state index contributed by atoms with van der Waals surface area (Å²) in [4.78, 5) is 0. The van der Waals surface area contributed by atoms with Crippen molar-refractivity contribution in [2.75, 3.05) is 11.5 Å². The van der Waals surface area contributed by atoms with Gasteiger partial charge in [0.25, 0.3) is 0 Å². The molecule has 1 fully saturated rings. The van der Waals surface area contributed by atoms with Crippen LogP contribution in [0.4, 0.5) is 0 Å². The highest BCUT2D eigenvalue weighted by atomic mass is 32.2. The second kappa shape index (κ2) is 3.84. The fourth-order valence-corrected chi connectivity index (χ4v) is 4.33. The Balaban J connectivity index is 2.85. The molecule has 0 unspecified atom stereocenters. The van der Waals surface area contributed by atoms with E-state index in [2.05, 4.69) is 27.7 Å². The van der Waals surface area contributed by atoms with Gasteiger partial charge in [-0.2, -0.15) is 0 Å². The molecule has 0 aromatic rings. The Hall–Kier alpha value is -0.0500. The lowest BCUT2D eigenvalue weighted by atomic mass is 9.65. The van der Waals surface area contributed by atoms with Crippen LogP contribution in [0.2, 0.25) is 0 Å². The van der Waals surface area contributed by atoms with E-state index in [1.54, 1.807) is 0 Å². The zero-order chi connectivity index (χ0) is 11.0. The Morgan fingerprint density at radius 1 is 0.929 bits per heavy atom. The van der Waals surface area contributed by atoms with Gasteiger partial charge >= 0.3 is 0 Å². The number of hydrogen-bond acceptors (Lipinski definition) is 2. The standard InChI is InChI=1S/C11H22O2S/c1-9(2)11(10(3)4)5-7-14(12,13)8-6-11/h9-10H,5-8H2,1-4H3. The Bertz CT molecular complexity index is 264. The maximum Gasteiger partial charge on any atom is 0.150 e. The Labute approximate surface area is 88.0 Å². The van der Waals surface area contributed by atoms with E-state index in [1.807, 2.05) is 0 Å². The first-order chi connectivity index (χ1) is 6.30. The molecule has 3 heteroatoms. The fourth-order valence-electron chi connectivity index (χ4n) is 2.74. The van der Waals surface area contributed by atoms with Crippen LogP contribution < -0.4 is 0 Å². The first-order valence-electron chi connectivity index (χ1n) is 5.50. The van der Waals surface area contributed by atoms with Crippen LogP contribution in [0.3, 0.4) is 0 Å². The molecule has 0 radical (unpaired) electrons. The molecule has 0 atom stereocenters. The Morgan fingerprint density at radius 2 is 1.29 bits per heavy atom. The first kappa shape index (κ1) is 12.0. The van der Waals surface area contributed by atoms with Gasteiger partial charge in [-0.1, -0.05) is 27.7 Å². The van der Waals surface area contributed by atoms with Crippen molar-refractivity contribution < 1.29 is 8.42 Å². The average Bonchev–Trinajstić information content (AvgIpc) is 2.03. The summed E-state index contributed by atoms with van der Waals surface area (Å²) in [5, 5.41) is 0. The molecular weight excluding hydrogens is 196 g/mol. The van der Waals surface area contributed by atoms with E-state index in [1.165, 1.54) is 0 Å². The molecule has 2 nitrogen and oxygen atoms in total. The third-order valence-electron chi connectivity index (χ3n) is 4.06. The maximum absolute atomic E-state index is 11.4. The van der Waals surface area contributed by atoms with Crippen molar-refractivity contribution in [1.82, 2.24) is 0 Å². The van der Waals surface area contributed by atoms with Crippen LogP contribution in [0.5, 0.6) is 0 Å². The lowest BCUT2D eigenvalue weighted by Crippen LogP contribution is -2.41. The number of sulfone groups is 1. The van der Waals surface area contributed by atoms with Crippen LogP contribution in [0.25, 0.3) is 0 Å². The zero-order valence-corrected chi connectivity index (χ0v) is 10.5. The van der Waals surface area contributed by atoms with Gasteiger partial charge in [-0.25, -0.2) is 8.42 Å². The third-order valence-corrected chi connectivity index (χ3v) is 5.71. The SMILES string of the molecule is CC(C)C1(C(C)C)CCS(=O)(=O)CC1.